The number of quaternary nitrogens is 1. The van der Waals surface area contributed by atoms with E-state index in [9.17, 15) is 17.8 Å². The third-order valence-electron chi connectivity index (χ3n) is 4.82. The Morgan fingerprint density at radius 1 is 0.852 bits per heavy atom. The van der Waals surface area contributed by atoms with Crippen molar-refractivity contribution < 1.29 is 27.4 Å². The van der Waals surface area contributed by atoms with Crippen molar-refractivity contribution in [2.45, 2.75) is 86.0 Å². The highest BCUT2D eigenvalue weighted by molar-refractivity contribution is 7.85. The first-order chi connectivity index (χ1) is 12.6. The second-order valence-electron chi connectivity index (χ2n) is 7.61. The Kier molecular flexibility index (Phi) is 17.2. The van der Waals surface area contributed by atoms with Gasteiger partial charge in [0.15, 0.2) is 0 Å². The van der Waals surface area contributed by atoms with E-state index < -0.39 is 27.8 Å². The molecule has 164 valence electrons. The third-order valence-corrected chi connectivity index (χ3v) is 5.73. The van der Waals surface area contributed by atoms with E-state index in [1.165, 1.54) is 82.0 Å². The molecular weight excluding hydrogens is 366 g/mol. The molecule has 0 aromatic heterocycles. The van der Waals surface area contributed by atoms with Crippen LogP contribution in [0.2, 0.25) is 0 Å². The molecule has 6 nitrogen and oxygen atoms in total. The minimum atomic E-state index is -4.40. The normalized spacial score (nSPS) is 13.0. The Bertz CT molecular complexity index is 427. The van der Waals surface area contributed by atoms with Crippen LogP contribution in [-0.2, 0) is 14.9 Å². The van der Waals surface area contributed by atoms with Gasteiger partial charge < -0.3 is 14.1 Å². The maximum Gasteiger partial charge on any atom is 0.307 e. The highest BCUT2D eigenvalue weighted by atomic mass is 32.2. The minimum absolute atomic E-state index is 0.845. The third kappa shape index (κ3) is 17.2. The molecular formula is C20H43NO5S. The van der Waals surface area contributed by atoms with E-state index in [-0.39, 0.29) is 0 Å². The molecule has 0 bridgehead atoms. The molecule has 7 heteroatoms. The summed E-state index contributed by atoms with van der Waals surface area (Å²) >= 11 is 0. The summed E-state index contributed by atoms with van der Waals surface area (Å²) in [5, 5.41) is 8.14. The van der Waals surface area contributed by atoms with Gasteiger partial charge in [-0.05, 0) is 25.7 Å². The van der Waals surface area contributed by atoms with Crippen molar-refractivity contribution in [1.29, 1.82) is 0 Å². The smallest absolute Gasteiger partial charge is 0.307 e. The molecule has 0 aliphatic heterocycles. The van der Waals surface area contributed by atoms with Gasteiger partial charge in [-0.1, -0.05) is 60.3 Å². The number of carboxylic acid groups (broad SMARTS) is 1. The molecule has 0 spiro atoms. The lowest BCUT2D eigenvalue weighted by molar-refractivity contribution is -0.929. The molecule has 0 fully saturated rings. The van der Waals surface area contributed by atoms with Crippen LogP contribution in [0.1, 0.15) is 86.0 Å². The Balaban J connectivity index is 0. The van der Waals surface area contributed by atoms with Crippen LogP contribution in [0.15, 0.2) is 0 Å². The first-order valence-electron chi connectivity index (χ1n) is 10.6. The average molecular weight is 410 g/mol. The van der Waals surface area contributed by atoms with Gasteiger partial charge in [-0.25, -0.2) is 8.42 Å². The summed E-state index contributed by atoms with van der Waals surface area (Å²) in [4.78, 5) is 9.97. The molecule has 0 saturated heterocycles. The second kappa shape index (κ2) is 16.3. The Labute approximate surface area is 167 Å². The molecule has 0 rings (SSSR count). The van der Waals surface area contributed by atoms with Crippen LogP contribution in [0, 0.1) is 5.92 Å². The zero-order chi connectivity index (χ0) is 21.3. The van der Waals surface area contributed by atoms with Crippen molar-refractivity contribution >= 4 is 16.1 Å². The van der Waals surface area contributed by atoms with Crippen molar-refractivity contribution in [1.82, 2.24) is 0 Å². The van der Waals surface area contributed by atoms with Gasteiger partial charge in [0.25, 0.3) is 0 Å². The number of carbonyl (C=O) groups is 1. The highest BCUT2D eigenvalue weighted by Crippen LogP contribution is 2.16. The molecule has 1 N–H and O–H groups in total. The van der Waals surface area contributed by atoms with Crippen LogP contribution in [0.3, 0.4) is 0 Å². The van der Waals surface area contributed by atoms with Gasteiger partial charge in [0.2, 0.25) is 0 Å². The second-order valence-corrected chi connectivity index (χ2v) is 9.06. The van der Waals surface area contributed by atoms with Gasteiger partial charge in [0, 0.05) is 0 Å². The quantitative estimate of drug-likeness (QED) is 0.322. The van der Waals surface area contributed by atoms with Crippen LogP contribution in [0.25, 0.3) is 0 Å². The van der Waals surface area contributed by atoms with E-state index in [1.54, 1.807) is 0 Å². The Hall–Kier alpha value is -0.660. The van der Waals surface area contributed by atoms with Crippen molar-refractivity contribution in [3.63, 3.8) is 0 Å². The van der Waals surface area contributed by atoms with E-state index in [0.29, 0.717) is 0 Å². The maximum absolute atomic E-state index is 9.97. The monoisotopic (exact) mass is 409 g/mol. The molecule has 27 heavy (non-hydrogen) atoms. The summed E-state index contributed by atoms with van der Waals surface area (Å²) in [5.74, 6) is -3.25. The number of hydrogen-bond donors (Lipinski definition) is 1. The molecule has 0 aromatic carbocycles. The van der Waals surface area contributed by atoms with Gasteiger partial charge in [-0.3, -0.25) is 4.79 Å². The van der Waals surface area contributed by atoms with E-state index in [0.717, 1.165) is 6.92 Å². The fourth-order valence-electron chi connectivity index (χ4n) is 3.02. The van der Waals surface area contributed by atoms with Crippen LogP contribution < -0.4 is 0 Å². The van der Waals surface area contributed by atoms with Crippen molar-refractivity contribution in [3.05, 3.63) is 0 Å². The molecule has 0 aromatic rings. The van der Waals surface area contributed by atoms with E-state index in [1.807, 2.05) is 0 Å². The van der Waals surface area contributed by atoms with E-state index in [4.69, 9.17) is 5.11 Å². The molecule has 0 amide bonds. The molecule has 1 unspecified atom stereocenters. The zero-order valence-electron chi connectivity index (χ0n) is 18.2. The first kappa shape index (κ1) is 28.5. The van der Waals surface area contributed by atoms with Crippen LogP contribution in [-0.4, -0.2) is 60.5 Å². The molecule has 1 atom stereocenters. The molecule has 0 heterocycles. The van der Waals surface area contributed by atoms with Gasteiger partial charge in [-0.2, -0.15) is 0 Å². The van der Waals surface area contributed by atoms with Crippen molar-refractivity contribution in [2.24, 2.45) is 5.92 Å². The fourth-order valence-corrected chi connectivity index (χ4v) is 3.78. The predicted octanol–water partition coefficient (Wildman–Crippen LogP) is 4.26. The lowest BCUT2D eigenvalue weighted by atomic mass is 10.1. The summed E-state index contributed by atoms with van der Waals surface area (Å²) in [6.07, 6.45) is 11.1. The van der Waals surface area contributed by atoms with Gasteiger partial charge in [0.1, 0.15) is 0 Å². The maximum atomic E-state index is 9.97. The summed E-state index contributed by atoms with van der Waals surface area (Å²) in [5.41, 5.74) is 0. The van der Waals surface area contributed by atoms with Gasteiger partial charge in [-0.15, -0.1) is 0 Å². The number of nitrogens with zero attached hydrogens (tertiary/aromatic N) is 1. The standard InChI is InChI=1S/C16H36N.C4H8O5S/c1-5-9-13-17(14-10-6-2,15-11-7-3)16-12-8-4;1-3(4(5)6)2-10(7,8)9/h5-16H2,1-4H3;3H,2H2,1H3,(H,5,6)(H,7,8,9)/q+1;/p-1. The summed E-state index contributed by atoms with van der Waals surface area (Å²) in [6, 6.07) is 0. The SMILES string of the molecule is CC(CS(=O)(=O)[O-])C(=O)O.CCCC[N+](CCCC)(CCCC)CCCC. The molecule has 0 saturated carbocycles. The largest absolute Gasteiger partial charge is 0.748 e. The lowest BCUT2D eigenvalue weighted by Gasteiger charge is -2.39. The minimum Gasteiger partial charge on any atom is -0.748 e. The highest BCUT2D eigenvalue weighted by Gasteiger charge is 2.24. The zero-order valence-corrected chi connectivity index (χ0v) is 19.0. The Morgan fingerprint density at radius 3 is 1.30 bits per heavy atom. The number of carboxylic acids is 1. The summed E-state index contributed by atoms with van der Waals surface area (Å²) < 4.78 is 31.2. The van der Waals surface area contributed by atoms with Crippen LogP contribution >= 0.6 is 0 Å². The molecule has 0 aliphatic carbocycles. The topological polar surface area (TPSA) is 94.5 Å². The number of hydrogen-bond acceptors (Lipinski definition) is 4. The first-order valence-corrected chi connectivity index (χ1v) is 12.2. The number of aliphatic carboxylic acids is 1. The Morgan fingerprint density at radius 2 is 1.15 bits per heavy atom. The van der Waals surface area contributed by atoms with Crippen LogP contribution in [0.4, 0.5) is 0 Å². The molecule has 0 radical (unpaired) electrons. The summed E-state index contributed by atoms with van der Waals surface area (Å²) in [6.45, 7) is 16.2. The predicted molar refractivity (Wildman–Crippen MR) is 111 cm³/mol. The van der Waals surface area contributed by atoms with Crippen molar-refractivity contribution in [3.8, 4) is 0 Å². The molecule has 0 aliphatic rings. The van der Waals surface area contributed by atoms with E-state index >= 15 is 0 Å². The number of rotatable bonds is 15. The van der Waals surface area contributed by atoms with Crippen molar-refractivity contribution in [2.75, 3.05) is 31.9 Å². The average Bonchev–Trinajstić information content (AvgIpc) is 2.59. The van der Waals surface area contributed by atoms with Gasteiger partial charge >= 0.3 is 5.97 Å². The fraction of sp³-hybridized carbons (Fsp3) is 0.950. The van der Waals surface area contributed by atoms with Gasteiger partial charge in [0.05, 0.1) is 48.0 Å². The number of unbranched alkanes of at least 4 members (excludes halogenated alkanes) is 4. The van der Waals surface area contributed by atoms with E-state index in [2.05, 4.69) is 27.7 Å². The van der Waals surface area contributed by atoms with Crippen LogP contribution in [0.5, 0.6) is 0 Å². The summed E-state index contributed by atoms with van der Waals surface area (Å²) in [7, 11) is -4.40. The lowest BCUT2D eigenvalue weighted by Crippen LogP contribution is -2.50.